The van der Waals surface area contributed by atoms with E-state index in [1.54, 1.807) is 7.11 Å². The van der Waals surface area contributed by atoms with Crippen LogP contribution in [0.15, 0.2) is 17.1 Å². The molecule has 0 atom stereocenters. The summed E-state index contributed by atoms with van der Waals surface area (Å²) >= 11 is 0. The average molecular weight is 368 g/mol. The van der Waals surface area contributed by atoms with Crippen LogP contribution in [0.1, 0.15) is 63.5 Å². The van der Waals surface area contributed by atoms with Gasteiger partial charge in [0, 0.05) is 12.2 Å². The minimum Gasteiger partial charge on any atom is -0.495 e. The van der Waals surface area contributed by atoms with E-state index in [1.165, 1.54) is 44.1 Å². The third-order valence-corrected chi connectivity index (χ3v) is 5.80. The molecule has 1 aromatic rings. The van der Waals surface area contributed by atoms with Crippen molar-refractivity contribution < 1.29 is 4.74 Å². The predicted octanol–water partition coefficient (Wildman–Crippen LogP) is 4.43. The molecule has 1 heterocycles. The maximum atomic E-state index is 5.68. The largest absolute Gasteiger partial charge is 0.495 e. The van der Waals surface area contributed by atoms with E-state index in [-0.39, 0.29) is 5.41 Å². The molecule has 1 spiro atoms. The molecule has 0 saturated heterocycles. The number of nitrogens with zero attached hydrogens (tertiary/aromatic N) is 2. The molecule has 4 heteroatoms. The molecule has 0 bridgehead atoms. The van der Waals surface area contributed by atoms with Gasteiger partial charge in [0.25, 0.3) is 0 Å². The van der Waals surface area contributed by atoms with Gasteiger partial charge in [-0.1, -0.05) is 38.0 Å². The Hall–Kier alpha value is -1.99. The number of nitrogens with one attached hydrogen (secondary N) is 1. The smallest absolute Gasteiger partial charge is 0.134 e. The molecule has 0 aromatic heterocycles. The second kappa shape index (κ2) is 8.80. The highest BCUT2D eigenvalue weighted by Gasteiger charge is 2.49. The lowest BCUT2D eigenvalue weighted by Gasteiger charge is -2.38. The monoisotopic (exact) mass is 367 g/mol. The maximum absolute atomic E-state index is 5.68. The van der Waals surface area contributed by atoms with Crippen LogP contribution in [0.25, 0.3) is 0 Å². The van der Waals surface area contributed by atoms with Gasteiger partial charge < -0.3 is 10.1 Å². The third kappa shape index (κ3) is 3.99. The highest BCUT2D eigenvalue weighted by Crippen LogP contribution is 2.52. The third-order valence-electron chi connectivity index (χ3n) is 5.80. The number of fused-ring (bicyclic) bond motifs is 2. The van der Waals surface area contributed by atoms with Crippen molar-refractivity contribution in [1.29, 1.82) is 0 Å². The number of ether oxygens (including phenoxy) is 1. The van der Waals surface area contributed by atoms with Crippen LogP contribution in [0, 0.1) is 11.8 Å². The van der Waals surface area contributed by atoms with Gasteiger partial charge in [0.05, 0.1) is 24.6 Å². The molecular formula is C23H33N3O. The van der Waals surface area contributed by atoms with Gasteiger partial charge in [-0.3, -0.25) is 9.89 Å². The van der Waals surface area contributed by atoms with Gasteiger partial charge >= 0.3 is 0 Å². The Morgan fingerprint density at radius 1 is 1.26 bits per heavy atom. The highest BCUT2D eigenvalue weighted by molar-refractivity contribution is 6.10. The van der Waals surface area contributed by atoms with Crippen molar-refractivity contribution in [1.82, 2.24) is 4.90 Å². The van der Waals surface area contributed by atoms with E-state index in [4.69, 9.17) is 9.73 Å². The normalized spacial score (nSPS) is 18.0. The summed E-state index contributed by atoms with van der Waals surface area (Å²) in [5.74, 6) is 8.66. The fraction of sp³-hybridized carbons (Fsp3) is 0.609. The Morgan fingerprint density at radius 2 is 2.07 bits per heavy atom. The van der Waals surface area contributed by atoms with Gasteiger partial charge in [0.2, 0.25) is 0 Å². The van der Waals surface area contributed by atoms with E-state index >= 15 is 0 Å². The molecule has 4 nitrogen and oxygen atoms in total. The van der Waals surface area contributed by atoms with Gasteiger partial charge in [-0.05, 0) is 57.5 Å². The number of amidine groups is 1. The van der Waals surface area contributed by atoms with Crippen LogP contribution in [0.5, 0.6) is 5.75 Å². The number of benzene rings is 1. The van der Waals surface area contributed by atoms with Gasteiger partial charge in [-0.25, -0.2) is 0 Å². The molecule has 0 amide bonds. The van der Waals surface area contributed by atoms with Crippen LogP contribution in [-0.4, -0.2) is 44.5 Å². The van der Waals surface area contributed by atoms with Crippen LogP contribution in [0.2, 0.25) is 0 Å². The van der Waals surface area contributed by atoms with E-state index in [0.29, 0.717) is 0 Å². The highest BCUT2D eigenvalue weighted by atomic mass is 16.5. The van der Waals surface area contributed by atoms with Gasteiger partial charge in [0.1, 0.15) is 11.6 Å². The molecule has 2 aliphatic rings. The first-order chi connectivity index (χ1) is 13.1. The van der Waals surface area contributed by atoms with Crippen molar-refractivity contribution in [3.05, 3.63) is 23.3 Å². The number of hydrogen-bond donors (Lipinski definition) is 1. The van der Waals surface area contributed by atoms with Crippen molar-refractivity contribution in [3.63, 3.8) is 0 Å². The molecular weight excluding hydrogens is 334 g/mol. The van der Waals surface area contributed by atoms with Crippen molar-refractivity contribution in [2.45, 2.75) is 57.8 Å². The summed E-state index contributed by atoms with van der Waals surface area (Å²) < 4.78 is 5.68. The molecule has 146 valence electrons. The molecule has 1 aliphatic heterocycles. The van der Waals surface area contributed by atoms with Crippen LogP contribution in [-0.2, 0) is 5.41 Å². The first-order valence-corrected chi connectivity index (χ1v) is 10.4. The minimum atomic E-state index is 0.0874. The fourth-order valence-corrected chi connectivity index (χ4v) is 4.09. The summed E-state index contributed by atoms with van der Waals surface area (Å²) in [6, 6.07) is 4.34. The van der Waals surface area contributed by atoms with Crippen LogP contribution < -0.4 is 10.1 Å². The topological polar surface area (TPSA) is 36.9 Å². The maximum Gasteiger partial charge on any atom is 0.134 e. The SMILES string of the molecule is CCCCCN(C)CC#Cc1cc2c(cc1OC)C1(CCC1)C(=NCC)N2. The number of methoxy groups -OCH3 is 1. The number of anilines is 1. The second-order valence-corrected chi connectivity index (χ2v) is 7.73. The van der Waals surface area contributed by atoms with Crippen molar-refractivity contribution in [2.24, 2.45) is 4.99 Å². The molecule has 1 fully saturated rings. The molecule has 3 rings (SSSR count). The first-order valence-electron chi connectivity index (χ1n) is 10.4. The van der Waals surface area contributed by atoms with E-state index < -0.39 is 0 Å². The first kappa shape index (κ1) is 19.8. The summed E-state index contributed by atoms with van der Waals surface area (Å²) in [4.78, 5) is 7.03. The Kier molecular flexibility index (Phi) is 6.44. The number of aliphatic imine (C=N–C) groups is 1. The molecule has 0 radical (unpaired) electrons. The number of hydrogen-bond acceptors (Lipinski definition) is 3. The Labute approximate surface area is 164 Å². The fourth-order valence-electron chi connectivity index (χ4n) is 4.09. The Morgan fingerprint density at radius 3 is 2.70 bits per heavy atom. The summed E-state index contributed by atoms with van der Waals surface area (Å²) in [6.45, 7) is 7.03. The Balaban J connectivity index is 1.79. The zero-order chi connectivity index (χ0) is 19.3. The molecule has 1 saturated carbocycles. The van der Waals surface area contributed by atoms with Gasteiger partial charge in [0.15, 0.2) is 0 Å². The average Bonchev–Trinajstić information content (AvgIpc) is 2.94. The lowest BCUT2D eigenvalue weighted by Crippen LogP contribution is -2.41. The van der Waals surface area contributed by atoms with E-state index in [1.807, 2.05) is 0 Å². The molecule has 1 aromatic carbocycles. The molecule has 0 unspecified atom stereocenters. The quantitative estimate of drug-likeness (QED) is 0.572. The van der Waals surface area contributed by atoms with E-state index in [0.717, 1.165) is 42.5 Å². The zero-order valence-corrected chi connectivity index (χ0v) is 17.3. The van der Waals surface area contributed by atoms with Crippen LogP contribution >= 0.6 is 0 Å². The predicted molar refractivity (Wildman–Crippen MR) is 114 cm³/mol. The summed E-state index contributed by atoms with van der Waals surface area (Å²) in [7, 11) is 3.88. The van der Waals surface area contributed by atoms with Crippen molar-refractivity contribution in [2.75, 3.05) is 39.1 Å². The second-order valence-electron chi connectivity index (χ2n) is 7.73. The summed E-state index contributed by atoms with van der Waals surface area (Å²) in [5, 5.41) is 3.57. The number of rotatable bonds is 7. The lowest BCUT2D eigenvalue weighted by molar-refractivity contribution is 0.344. The summed E-state index contributed by atoms with van der Waals surface area (Å²) in [6.07, 6.45) is 7.38. The summed E-state index contributed by atoms with van der Waals surface area (Å²) in [5.41, 5.74) is 3.53. The molecule has 1 N–H and O–H groups in total. The van der Waals surface area contributed by atoms with Gasteiger partial charge in [-0.15, -0.1) is 0 Å². The van der Waals surface area contributed by atoms with Crippen LogP contribution in [0.3, 0.4) is 0 Å². The zero-order valence-electron chi connectivity index (χ0n) is 17.3. The Bertz CT molecular complexity index is 753. The van der Waals surface area contributed by atoms with Crippen molar-refractivity contribution in [3.8, 4) is 17.6 Å². The van der Waals surface area contributed by atoms with Gasteiger partial charge in [-0.2, -0.15) is 0 Å². The van der Waals surface area contributed by atoms with Crippen LogP contribution in [0.4, 0.5) is 5.69 Å². The minimum absolute atomic E-state index is 0.0874. The van der Waals surface area contributed by atoms with Crippen molar-refractivity contribution >= 4 is 11.5 Å². The standard InChI is InChI=1S/C23H33N3O/c1-5-7-8-14-26(3)15-9-11-18-16-20-19(17-21(18)27-4)23(12-10-13-23)22(25-20)24-6-2/h16-17H,5-8,10,12-15H2,1-4H3,(H,24,25). The molecule has 1 aliphatic carbocycles. The number of unbranched alkanes of at least 4 members (excludes halogenated alkanes) is 2. The lowest BCUT2D eigenvalue weighted by atomic mass is 9.65. The molecule has 27 heavy (non-hydrogen) atoms. The van der Waals surface area contributed by atoms with E-state index in [2.05, 4.69) is 55.1 Å². The van der Waals surface area contributed by atoms with E-state index in [9.17, 15) is 0 Å².